The summed E-state index contributed by atoms with van der Waals surface area (Å²) in [6.45, 7) is 1.09. The van der Waals surface area contributed by atoms with E-state index in [2.05, 4.69) is 25.8 Å². The van der Waals surface area contributed by atoms with Crippen LogP contribution in [-0.4, -0.2) is 59.8 Å². The summed E-state index contributed by atoms with van der Waals surface area (Å²) in [5, 5.41) is 12.1. The molecule has 2 saturated carbocycles. The lowest BCUT2D eigenvalue weighted by molar-refractivity contribution is 0.102. The number of aromatic amines is 1. The Labute approximate surface area is 197 Å². The Hall–Kier alpha value is -2.62. The smallest absolute Gasteiger partial charge is 0.407 e. The molecule has 1 saturated heterocycles. The lowest BCUT2D eigenvalue weighted by atomic mass is 9.87. The molecule has 3 aliphatic rings. The Morgan fingerprint density at radius 3 is 2.61 bits per heavy atom. The number of anilines is 1. The van der Waals surface area contributed by atoms with E-state index in [1.54, 1.807) is 6.21 Å². The minimum absolute atomic E-state index is 0.0540. The van der Waals surface area contributed by atoms with Gasteiger partial charge in [0.25, 0.3) is 5.56 Å². The number of hydrogen-bond donors (Lipinski definition) is 3. The minimum Gasteiger partial charge on any atom is -0.444 e. The highest BCUT2D eigenvalue weighted by atomic mass is 35.5. The molecule has 0 radical (unpaired) electrons. The van der Waals surface area contributed by atoms with Crippen LogP contribution in [0.4, 0.5) is 15.3 Å². The van der Waals surface area contributed by atoms with E-state index in [0.29, 0.717) is 25.2 Å². The number of ether oxygens (including phenoxy) is 1. The Kier molecular flexibility index (Phi) is 7.85. The summed E-state index contributed by atoms with van der Waals surface area (Å²) in [4.78, 5) is 41.9. The molecule has 2 aliphatic carbocycles. The number of aromatic nitrogens is 2. The molecule has 180 valence electrons. The van der Waals surface area contributed by atoms with Crippen LogP contribution in [0.15, 0.2) is 16.0 Å². The molecular weight excluding hydrogens is 448 g/mol. The van der Waals surface area contributed by atoms with Crippen molar-refractivity contribution in [1.82, 2.24) is 20.8 Å². The Bertz CT molecular complexity index is 924. The molecule has 0 spiro atoms. The molecule has 11 heteroatoms. The number of nitrogens with one attached hydrogen (secondary N) is 3. The maximum Gasteiger partial charge on any atom is 0.407 e. The second kappa shape index (κ2) is 11.0. The predicted octanol–water partition coefficient (Wildman–Crippen LogP) is 3.01. The molecule has 10 nitrogen and oxygen atoms in total. The number of urea groups is 1. The van der Waals surface area contributed by atoms with Crippen LogP contribution in [0.5, 0.6) is 0 Å². The highest BCUT2D eigenvalue weighted by molar-refractivity contribution is 6.33. The second-order valence-electron chi connectivity index (χ2n) is 9.13. The van der Waals surface area contributed by atoms with Crippen LogP contribution in [0.25, 0.3) is 0 Å². The van der Waals surface area contributed by atoms with Gasteiger partial charge >= 0.3 is 12.1 Å². The molecule has 3 amide bonds. The number of rotatable bonds is 5. The van der Waals surface area contributed by atoms with Gasteiger partial charge in [0.05, 0.1) is 18.4 Å². The Morgan fingerprint density at radius 1 is 1.12 bits per heavy atom. The van der Waals surface area contributed by atoms with Gasteiger partial charge in [-0.25, -0.2) is 19.7 Å². The van der Waals surface area contributed by atoms with Crippen LogP contribution in [0, 0.1) is 5.92 Å². The van der Waals surface area contributed by atoms with Crippen LogP contribution in [0.1, 0.15) is 57.8 Å². The molecule has 0 bridgehead atoms. The first-order valence-electron chi connectivity index (χ1n) is 11.8. The molecule has 3 fully saturated rings. The first-order chi connectivity index (χ1) is 16.0. The molecule has 1 aromatic rings. The number of carbonyl (C=O) groups is 2. The lowest BCUT2D eigenvalue weighted by Crippen LogP contribution is -2.40. The van der Waals surface area contributed by atoms with Gasteiger partial charge in [0.1, 0.15) is 11.1 Å². The monoisotopic (exact) mass is 478 g/mol. The van der Waals surface area contributed by atoms with Crippen molar-refractivity contribution in [2.45, 2.75) is 76.0 Å². The van der Waals surface area contributed by atoms with E-state index >= 15 is 0 Å². The van der Waals surface area contributed by atoms with Crippen LogP contribution >= 0.6 is 11.6 Å². The zero-order chi connectivity index (χ0) is 23.2. The van der Waals surface area contributed by atoms with Crippen molar-refractivity contribution in [3.05, 3.63) is 21.6 Å². The van der Waals surface area contributed by atoms with Gasteiger partial charge in [-0.3, -0.25) is 4.79 Å². The van der Waals surface area contributed by atoms with Gasteiger partial charge in [0, 0.05) is 31.3 Å². The van der Waals surface area contributed by atoms with Crippen molar-refractivity contribution in [1.29, 1.82) is 0 Å². The van der Waals surface area contributed by atoms with E-state index in [4.69, 9.17) is 16.3 Å². The summed E-state index contributed by atoms with van der Waals surface area (Å²) < 4.78 is 5.58. The zero-order valence-corrected chi connectivity index (χ0v) is 19.4. The van der Waals surface area contributed by atoms with Gasteiger partial charge in [-0.2, -0.15) is 5.10 Å². The molecule has 1 aliphatic heterocycles. The van der Waals surface area contributed by atoms with E-state index in [1.807, 2.05) is 4.90 Å². The van der Waals surface area contributed by atoms with Crippen molar-refractivity contribution in [2.24, 2.45) is 10.9 Å². The first-order valence-corrected chi connectivity index (χ1v) is 12.2. The number of amides is 3. The van der Waals surface area contributed by atoms with E-state index in [1.165, 1.54) is 19.0 Å². The maximum atomic E-state index is 12.4. The van der Waals surface area contributed by atoms with Crippen molar-refractivity contribution >= 4 is 35.6 Å². The van der Waals surface area contributed by atoms with Gasteiger partial charge in [-0.05, 0) is 44.4 Å². The fourth-order valence-electron chi connectivity index (χ4n) is 4.86. The van der Waals surface area contributed by atoms with Gasteiger partial charge in [-0.1, -0.05) is 24.4 Å². The van der Waals surface area contributed by atoms with Gasteiger partial charge in [0.15, 0.2) is 0 Å². The molecular formula is C22H31ClN6O4. The number of nitrogens with zero attached hydrogens (tertiary/aromatic N) is 3. The van der Waals surface area contributed by atoms with Crippen molar-refractivity contribution in [2.75, 3.05) is 18.0 Å². The van der Waals surface area contributed by atoms with Crippen LogP contribution in [-0.2, 0) is 4.74 Å². The van der Waals surface area contributed by atoms with E-state index in [0.717, 1.165) is 38.5 Å². The summed E-state index contributed by atoms with van der Waals surface area (Å²) in [5.74, 6) is 0.254. The first kappa shape index (κ1) is 23.5. The normalized spacial score (nSPS) is 26.0. The average molecular weight is 479 g/mol. The van der Waals surface area contributed by atoms with Crippen LogP contribution < -0.4 is 21.1 Å². The molecule has 2 heterocycles. The molecule has 4 rings (SSSR count). The number of hydrogen-bond acceptors (Lipinski definition) is 6. The molecule has 3 N–H and O–H groups in total. The fraction of sp³-hybridized carbons (Fsp3) is 0.682. The number of alkyl carbamates (subject to hydrolysis) is 1. The lowest BCUT2D eigenvalue weighted by Gasteiger charge is -2.27. The molecule has 1 aromatic heterocycles. The van der Waals surface area contributed by atoms with Crippen LogP contribution in [0.2, 0.25) is 5.02 Å². The van der Waals surface area contributed by atoms with Crippen molar-refractivity contribution < 1.29 is 14.3 Å². The predicted molar refractivity (Wildman–Crippen MR) is 125 cm³/mol. The SMILES string of the molecule is O=C(/N=C/C1CCC(NC(=O)O[C@@H]2CCN(c3cn[nH]c(=O)c3Cl)C2)CC1)NC1CCCC1. The molecule has 0 unspecified atom stereocenters. The Balaban J connectivity index is 1.15. The Morgan fingerprint density at radius 2 is 1.85 bits per heavy atom. The van der Waals surface area contributed by atoms with E-state index in [9.17, 15) is 14.4 Å². The molecule has 0 aromatic carbocycles. The number of H-pyrrole nitrogens is 1. The minimum atomic E-state index is -0.439. The highest BCUT2D eigenvalue weighted by Gasteiger charge is 2.29. The third-order valence-corrected chi connectivity index (χ3v) is 7.08. The van der Waals surface area contributed by atoms with Gasteiger partial charge < -0.3 is 20.3 Å². The quantitative estimate of drug-likeness (QED) is 0.558. The van der Waals surface area contributed by atoms with Gasteiger partial charge in [0.2, 0.25) is 0 Å². The fourth-order valence-corrected chi connectivity index (χ4v) is 5.07. The number of halogens is 1. The van der Waals surface area contributed by atoms with Gasteiger partial charge in [-0.15, -0.1) is 0 Å². The summed E-state index contributed by atoms with van der Waals surface area (Å²) in [7, 11) is 0. The summed E-state index contributed by atoms with van der Waals surface area (Å²) in [6.07, 6.45) is 11.0. The van der Waals surface area contributed by atoms with Crippen molar-refractivity contribution in [3.63, 3.8) is 0 Å². The summed E-state index contributed by atoms with van der Waals surface area (Å²) in [5.41, 5.74) is 0.107. The number of aliphatic imine (C=N–C) groups is 1. The standard InChI is InChI=1S/C22H31ClN6O4/c23-19-18(12-25-28-20(19)30)29-10-9-17(13-29)33-22(32)27-16-7-5-14(6-8-16)11-24-21(31)26-15-3-1-2-4-15/h11-12,14-17H,1-10,13H2,(H,26,31)(H,27,32)(H,28,30)/b24-11+/t14?,16?,17-/m1/s1. The number of carbonyl (C=O) groups excluding carboxylic acids is 2. The zero-order valence-electron chi connectivity index (χ0n) is 18.6. The highest BCUT2D eigenvalue weighted by Crippen LogP contribution is 2.26. The average Bonchev–Trinajstić information content (AvgIpc) is 3.47. The molecule has 33 heavy (non-hydrogen) atoms. The summed E-state index contributed by atoms with van der Waals surface area (Å²) >= 11 is 6.07. The van der Waals surface area contributed by atoms with E-state index < -0.39 is 11.7 Å². The van der Waals surface area contributed by atoms with Crippen molar-refractivity contribution in [3.8, 4) is 0 Å². The van der Waals surface area contributed by atoms with Crippen LogP contribution in [0.3, 0.4) is 0 Å². The topological polar surface area (TPSA) is 129 Å². The third-order valence-electron chi connectivity index (χ3n) is 6.72. The third kappa shape index (κ3) is 6.46. The van der Waals surface area contributed by atoms with E-state index in [-0.39, 0.29) is 35.2 Å². The summed E-state index contributed by atoms with van der Waals surface area (Å²) in [6, 6.07) is 0.0864. The largest absolute Gasteiger partial charge is 0.444 e. The second-order valence-corrected chi connectivity index (χ2v) is 9.50. The molecule has 1 atom stereocenters. The maximum absolute atomic E-state index is 12.4.